The molecule has 2 rings (SSSR count). The molecule has 2 aromatic carbocycles. The van der Waals surface area contributed by atoms with Crippen molar-refractivity contribution in [3.8, 4) is 0 Å². The average molecular weight is 536 g/mol. The van der Waals surface area contributed by atoms with Gasteiger partial charge in [0.15, 0.2) is 5.82 Å². The van der Waals surface area contributed by atoms with E-state index in [-0.39, 0.29) is 25.8 Å². The van der Waals surface area contributed by atoms with Gasteiger partial charge in [-0.2, -0.15) is 0 Å². The summed E-state index contributed by atoms with van der Waals surface area (Å²) in [6.07, 6.45) is 0. The molecule has 0 bridgehead atoms. The van der Waals surface area contributed by atoms with E-state index < -0.39 is 38.2 Å². The second kappa shape index (κ2) is 8.24. The number of nitrogens with one attached hydrogen (secondary N) is 1. The van der Waals surface area contributed by atoms with Crippen molar-refractivity contribution in [3.63, 3.8) is 0 Å². The molecule has 0 heterocycles. The van der Waals surface area contributed by atoms with Crippen molar-refractivity contribution in [1.82, 2.24) is 0 Å². The topological polar surface area (TPSA) is 72.5 Å². The Labute approximate surface area is 171 Å². The number of hydrogen-bond donors (Lipinski definition) is 1. The molecule has 5 nitrogen and oxygen atoms in total. The summed E-state index contributed by atoms with van der Waals surface area (Å²) in [7, 11) is -4.35. The maximum absolute atomic E-state index is 14.1. The summed E-state index contributed by atoms with van der Waals surface area (Å²) in [5.74, 6) is -2.48. The van der Waals surface area contributed by atoms with Gasteiger partial charge in [0.05, 0.1) is 14.3 Å². The highest BCUT2D eigenvalue weighted by Gasteiger charge is 2.24. The molecule has 0 amide bonds. The molecule has 0 aromatic heterocycles. The Morgan fingerprint density at radius 3 is 2.54 bits per heavy atom. The summed E-state index contributed by atoms with van der Waals surface area (Å²) in [4.78, 5) is 10.5. The number of anilines is 1. The van der Waals surface area contributed by atoms with Gasteiger partial charge in [-0.15, -0.1) is 0 Å². The van der Waals surface area contributed by atoms with Crippen LogP contribution in [0.1, 0.15) is 12.5 Å². The van der Waals surface area contributed by atoms with E-state index in [0.717, 1.165) is 18.2 Å². The van der Waals surface area contributed by atoms with Crippen molar-refractivity contribution < 1.29 is 26.7 Å². The number of hydrogen-bond acceptors (Lipinski definition) is 4. The van der Waals surface area contributed by atoms with Crippen LogP contribution >= 0.6 is 45.8 Å². The van der Waals surface area contributed by atoms with Crippen LogP contribution in [-0.4, -0.2) is 14.4 Å². The molecule has 0 saturated carbocycles. The minimum absolute atomic E-state index is 0.0195. The Kier molecular flexibility index (Phi) is 6.70. The van der Waals surface area contributed by atoms with Crippen LogP contribution in [0, 0.1) is 15.2 Å². The second-order valence-corrected chi connectivity index (χ2v) is 8.53. The maximum Gasteiger partial charge on any atom is 0.302 e. The Hall–Kier alpha value is -1.17. The van der Waals surface area contributed by atoms with Crippen LogP contribution < -0.4 is 4.72 Å². The van der Waals surface area contributed by atoms with Gasteiger partial charge in [0.1, 0.15) is 17.3 Å². The van der Waals surface area contributed by atoms with E-state index in [4.69, 9.17) is 27.9 Å². The Balaban J connectivity index is 2.46. The molecule has 26 heavy (non-hydrogen) atoms. The molecule has 2 aromatic rings. The fourth-order valence-electron chi connectivity index (χ4n) is 1.90. The number of sulfonamides is 1. The van der Waals surface area contributed by atoms with Crippen LogP contribution in [0.4, 0.5) is 14.5 Å². The van der Waals surface area contributed by atoms with Crippen molar-refractivity contribution in [2.75, 3.05) is 4.72 Å². The van der Waals surface area contributed by atoms with Gasteiger partial charge in [-0.3, -0.25) is 9.52 Å². The minimum atomic E-state index is -4.35. The van der Waals surface area contributed by atoms with Gasteiger partial charge in [0.2, 0.25) is 0 Å². The van der Waals surface area contributed by atoms with Crippen LogP contribution in [0.5, 0.6) is 0 Å². The number of benzene rings is 2. The first-order chi connectivity index (χ1) is 12.0. The SMILES string of the molecule is CC(=O)OCc1cc(Cl)cc(S(=O)(=O)Nc2ccc(F)c(I)c2F)c1Cl. The molecule has 1 N–H and O–H groups in total. The molecule has 140 valence electrons. The molecule has 0 saturated heterocycles. The van der Waals surface area contributed by atoms with Crippen LogP contribution in [-0.2, 0) is 26.2 Å². The van der Waals surface area contributed by atoms with Crippen molar-refractivity contribution in [2.45, 2.75) is 18.4 Å². The summed E-state index contributed by atoms with van der Waals surface area (Å²) < 4.78 is 59.0. The molecule has 0 atom stereocenters. The standard InChI is InChI=1S/C15H10Cl2F2INO4S/c1-7(22)25-6-8-4-9(16)5-12(13(8)17)26(23,24)21-11-3-2-10(18)15(20)14(11)19/h2-5,21H,6H2,1H3. The first-order valence-corrected chi connectivity index (χ1v) is 10.1. The van der Waals surface area contributed by atoms with E-state index in [1.165, 1.54) is 35.6 Å². The number of carbonyl (C=O) groups is 1. The first-order valence-electron chi connectivity index (χ1n) is 6.80. The van der Waals surface area contributed by atoms with E-state index in [2.05, 4.69) is 0 Å². The van der Waals surface area contributed by atoms with E-state index in [1.807, 2.05) is 4.72 Å². The van der Waals surface area contributed by atoms with Crippen molar-refractivity contribution in [2.24, 2.45) is 0 Å². The summed E-state index contributed by atoms with van der Waals surface area (Å²) in [6.45, 7) is 0.886. The Morgan fingerprint density at radius 1 is 1.27 bits per heavy atom. The highest BCUT2D eigenvalue weighted by Crippen LogP contribution is 2.32. The third kappa shape index (κ3) is 4.76. The van der Waals surface area contributed by atoms with E-state index in [0.29, 0.717) is 0 Å². The van der Waals surface area contributed by atoms with Gasteiger partial charge in [-0.1, -0.05) is 23.2 Å². The Morgan fingerprint density at radius 2 is 1.92 bits per heavy atom. The fraction of sp³-hybridized carbons (Fsp3) is 0.133. The number of halogens is 5. The molecule has 0 aliphatic rings. The van der Waals surface area contributed by atoms with Crippen LogP contribution in [0.15, 0.2) is 29.2 Å². The van der Waals surface area contributed by atoms with Crippen molar-refractivity contribution >= 4 is 67.5 Å². The minimum Gasteiger partial charge on any atom is -0.461 e. The largest absolute Gasteiger partial charge is 0.461 e. The molecule has 11 heteroatoms. The van der Waals surface area contributed by atoms with Crippen molar-refractivity contribution in [1.29, 1.82) is 0 Å². The van der Waals surface area contributed by atoms with Gasteiger partial charge < -0.3 is 4.74 Å². The summed E-state index contributed by atoms with van der Waals surface area (Å²) >= 11 is 13.4. The maximum atomic E-state index is 14.1. The Bertz CT molecular complexity index is 986. The quantitative estimate of drug-likeness (QED) is 0.341. The zero-order valence-electron chi connectivity index (χ0n) is 12.9. The van der Waals surface area contributed by atoms with E-state index >= 15 is 0 Å². The number of carbonyl (C=O) groups excluding carboxylic acids is 1. The van der Waals surface area contributed by atoms with Gasteiger partial charge in [-0.25, -0.2) is 17.2 Å². The normalized spacial score (nSPS) is 11.3. The lowest BCUT2D eigenvalue weighted by molar-refractivity contribution is -0.142. The van der Waals surface area contributed by atoms with Gasteiger partial charge in [-0.05, 0) is 46.9 Å². The summed E-state index contributed by atoms with van der Waals surface area (Å²) in [6, 6.07) is 4.28. The van der Waals surface area contributed by atoms with Gasteiger partial charge in [0, 0.05) is 17.5 Å². The predicted octanol–water partition coefficient (Wildman–Crippen LogP) is 4.74. The highest BCUT2D eigenvalue weighted by atomic mass is 127. The lowest BCUT2D eigenvalue weighted by Gasteiger charge is -2.14. The van der Waals surface area contributed by atoms with Crippen LogP contribution in [0.2, 0.25) is 10.0 Å². The molecule has 0 spiro atoms. The molecular formula is C15H10Cl2F2INO4S. The number of esters is 1. The predicted molar refractivity (Wildman–Crippen MR) is 102 cm³/mol. The van der Waals surface area contributed by atoms with Crippen molar-refractivity contribution in [3.05, 3.63) is 55.1 Å². The lowest BCUT2D eigenvalue weighted by atomic mass is 10.2. The summed E-state index contributed by atoms with van der Waals surface area (Å²) in [5.41, 5.74) is -0.294. The molecule has 0 aliphatic heterocycles. The van der Waals surface area contributed by atoms with E-state index in [9.17, 15) is 22.0 Å². The van der Waals surface area contributed by atoms with E-state index in [1.54, 1.807) is 0 Å². The lowest BCUT2D eigenvalue weighted by Crippen LogP contribution is -2.16. The molecule has 0 fully saturated rings. The fourth-order valence-corrected chi connectivity index (χ4v) is 4.35. The third-order valence-corrected chi connectivity index (χ3v) is 6.23. The monoisotopic (exact) mass is 535 g/mol. The zero-order valence-corrected chi connectivity index (χ0v) is 17.4. The second-order valence-electron chi connectivity index (χ2n) is 4.99. The first kappa shape index (κ1) is 21.1. The average Bonchev–Trinajstić information content (AvgIpc) is 2.55. The van der Waals surface area contributed by atoms with Crippen LogP contribution in [0.3, 0.4) is 0 Å². The van der Waals surface area contributed by atoms with Gasteiger partial charge >= 0.3 is 5.97 Å². The summed E-state index contributed by atoms with van der Waals surface area (Å²) in [5, 5.41) is -0.216. The number of rotatable bonds is 5. The number of ether oxygens (including phenoxy) is 1. The zero-order chi connectivity index (χ0) is 19.6. The van der Waals surface area contributed by atoms with Crippen LogP contribution in [0.25, 0.3) is 0 Å². The highest BCUT2D eigenvalue weighted by molar-refractivity contribution is 14.1. The molecule has 0 radical (unpaired) electrons. The molecular weight excluding hydrogens is 526 g/mol. The third-order valence-electron chi connectivity index (χ3n) is 3.08. The molecule has 0 unspecified atom stereocenters. The molecule has 0 aliphatic carbocycles. The van der Waals surface area contributed by atoms with Gasteiger partial charge in [0.25, 0.3) is 10.0 Å². The smallest absolute Gasteiger partial charge is 0.302 e.